The van der Waals surface area contributed by atoms with Crippen LogP contribution in [0.1, 0.15) is 29.7 Å². The number of amides is 2. The molecule has 3 aromatic heterocycles. The van der Waals surface area contributed by atoms with Crippen molar-refractivity contribution in [3.63, 3.8) is 0 Å². The fourth-order valence-corrected chi connectivity index (χ4v) is 7.56. The van der Waals surface area contributed by atoms with E-state index in [0.717, 1.165) is 29.8 Å². The van der Waals surface area contributed by atoms with Crippen molar-refractivity contribution >= 4 is 101 Å². The number of ether oxygens (including phenoxy) is 2. The van der Waals surface area contributed by atoms with Gasteiger partial charge in [-0.1, -0.05) is 46.9 Å². The molecule has 0 aliphatic heterocycles. The number of aromatic nitrogens is 7. The van der Waals surface area contributed by atoms with E-state index in [-0.39, 0.29) is 56.3 Å². The first kappa shape index (κ1) is 51.7. The van der Waals surface area contributed by atoms with E-state index in [9.17, 15) is 44.8 Å². The summed E-state index contributed by atoms with van der Waals surface area (Å²) in [5, 5.41) is 27.3. The Kier molecular flexibility index (Phi) is 17.5. The Labute approximate surface area is 386 Å². The fourth-order valence-electron chi connectivity index (χ4n) is 5.10. The number of sulfonamides is 2. The molecule has 0 spiro atoms. The van der Waals surface area contributed by atoms with Crippen molar-refractivity contribution in [1.82, 2.24) is 39.0 Å². The van der Waals surface area contributed by atoms with Gasteiger partial charge in [0.2, 0.25) is 21.9 Å². The number of aryl methyl sites for hydroxylation is 1. The van der Waals surface area contributed by atoms with Crippen molar-refractivity contribution in [3.8, 4) is 17.4 Å². The van der Waals surface area contributed by atoms with E-state index in [1.165, 1.54) is 32.2 Å². The van der Waals surface area contributed by atoms with Crippen LogP contribution in [-0.4, -0.2) is 106 Å². The number of aromatic carboxylic acids is 1. The standard InChI is InChI=1S/C14H16N6O6S.C11H10Cl2F2N4O3S.C11H8ClNO3/c1-3-26-14-18-11(15-2)16-12(19-14)17-13(23)20-27(24,25)9-7-5-4-6-8(9)10(21)22;1-5-16-19(11(20)18(5)10(14)15)9-4-8(17-23(2,21)22)6(12)3-7(9)13;12-8-3-4-9(16-6-10(14)15)11-7(8)2-1-5-13-11/h4-7H,3H2,1-2H3,(H,21,22)(H3,15,16,17,18,19,20,23);3-4,10,17H,1-2H3;1-5H,6H2,(H,14,15). The van der Waals surface area contributed by atoms with Crippen LogP contribution in [0.4, 0.5) is 31.2 Å². The lowest BCUT2D eigenvalue weighted by molar-refractivity contribution is -0.139. The number of hydrogen-bond donors (Lipinski definition) is 6. The van der Waals surface area contributed by atoms with Crippen molar-refractivity contribution in [2.75, 3.05) is 41.9 Å². The summed E-state index contributed by atoms with van der Waals surface area (Å²) in [7, 11) is -6.57. The summed E-state index contributed by atoms with van der Waals surface area (Å²) in [5.41, 5.74) is -1.18. The summed E-state index contributed by atoms with van der Waals surface area (Å²) in [6, 6.07) is 12.7. The zero-order chi connectivity index (χ0) is 49.1. The number of carboxylic acid groups (broad SMARTS) is 2. The molecule has 3 heterocycles. The number of nitrogens with one attached hydrogen (secondary N) is 4. The van der Waals surface area contributed by atoms with E-state index in [1.807, 2.05) is 0 Å². The van der Waals surface area contributed by atoms with Gasteiger partial charge in [0, 0.05) is 18.6 Å². The van der Waals surface area contributed by atoms with Gasteiger partial charge in [0.25, 0.3) is 10.0 Å². The van der Waals surface area contributed by atoms with Gasteiger partial charge in [-0.15, -0.1) is 5.10 Å². The van der Waals surface area contributed by atoms with Crippen molar-refractivity contribution in [2.45, 2.75) is 25.3 Å². The van der Waals surface area contributed by atoms with E-state index in [4.69, 9.17) is 54.5 Å². The molecule has 6 aromatic rings. The van der Waals surface area contributed by atoms with Crippen molar-refractivity contribution < 1.29 is 59.7 Å². The molecule has 2 amide bonds. The number of alkyl halides is 2. The van der Waals surface area contributed by atoms with E-state index in [0.29, 0.717) is 21.0 Å². The number of aliphatic carboxylic acids is 1. The molecular weight excluding hydrogens is 987 g/mol. The topological polar surface area (TPSA) is 318 Å². The number of urea groups is 1. The zero-order valence-corrected chi connectivity index (χ0v) is 38.1. The lowest BCUT2D eigenvalue weighted by Crippen LogP contribution is -2.35. The highest BCUT2D eigenvalue weighted by Gasteiger charge is 2.25. The number of hydrogen-bond acceptors (Lipinski definition) is 16. The smallest absolute Gasteiger partial charge is 0.355 e. The molecule has 0 aliphatic carbocycles. The normalized spacial score (nSPS) is 11.1. The Hall–Kier alpha value is -6.94. The lowest BCUT2D eigenvalue weighted by atomic mass is 10.2. The molecule has 0 fully saturated rings. The van der Waals surface area contributed by atoms with Gasteiger partial charge >= 0.3 is 36.2 Å². The number of carbonyl (C=O) groups is 3. The highest BCUT2D eigenvalue weighted by molar-refractivity contribution is 7.92. The molecule has 352 valence electrons. The van der Waals surface area contributed by atoms with Crippen LogP contribution in [0.5, 0.6) is 11.8 Å². The van der Waals surface area contributed by atoms with Gasteiger partial charge in [0.05, 0.1) is 44.9 Å². The fraction of sp³-hybridized carbons (Fsp3) is 0.194. The maximum absolute atomic E-state index is 12.8. The van der Waals surface area contributed by atoms with Gasteiger partial charge in [-0.3, -0.25) is 15.0 Å². The van der Waals surface area contributed by atoms with Crippen LogP contribution in [0, 0.1) is 6.92 Å². The third-order valence-electron chi connectivity index (χ3n) is 7.74. The SMILES string of the molecule is CCOc1nc(NC)nc(NC(=O)NS(=O)(=O)c2ccccc2C(=O)O)n1.Cc1nn(-c2cc(NS(C)(=O)=O)c(Cl)cc2Cl)c(=O)n1C(F)F.O=C(O)COc1ccc(Cl)c2cccnc12. The van der Waals surface area contributed by atoms with Gasteiger partial charge in [-0.2, -0.15) is 28.4 Å². The minimum absolute atomic E-state index is 0.0257. The van der Waals surface area contributed by atoms with Gasteiger partial charge in [0.1, 0.15) is 22.0 Å². The average Bonchev–Trinajstić information content (AvgIpc) is 3.54. The molecule has 0 unspecified atom stereocenters. The summed E-state index contributed by atoms with van der Waals surface area (Å²) in [5.74, 6) is -2.47. The van der Waals surface area contributed by atoms with Gasteiger partial charge in [-0.05, 0) is 62.4 Å². The Bertz CT molecular complexity index is 3070. The van der Waals surface area contributed by atoms with E-state index >= 15 is 0 Å². The molecule has 23 nitrogen and oxygen atoms in total. The molecule has 66 heavy (non-hydrogen) atoms. The molecule has 0 saturated carbocycles. The molecule has 0 bridgehead atoms. The molecule has 0 radical (unpaired) electrons. The van der Waals surface area contributed by atoms with Crippen LogP contribution in [0.3, 0.4) is 0 Å². The van der Waals surface area contributed by atoms with Crippen LogP contribution in [0.2, 0.25) is 15.1 Å². The zero-order valence-electron chi connectivity index (χ0n) is 34.2. The predicted octanol–water partition coefficient (Wildman–Crippen LogP) is 5.29. The predicted molar refractivity (Wildman–Crippen MR) is 235 cm³/mol. The van der Waals surface area contributed by atoms with Crippen molar-refractivity contribution in [2.24, 2.45) is 0 Å². The molecule has 6 N–H and O–H groups in total. The van der Waals surface area contributed by atoms with Crippen LogP contribution in [0.15, 0.2) is 76.6 Å². The van der Waals surface area contributed by atoms with Crippen LogP contribution in [-0.2, 0) is 24.8 Å². The molecule has 0 saturated heterocycles. The van der Waals surface area contributed by atoms with Gasteiger partial charge < -0.3 is 25.0 Å². The summed E-state index contributed by atoms with van der Waals surface area (Å²) in [4.78, 5) is 60.7. The first-order valence-electron chi connectivity index (χ1n) is 18.0. The number of halogens is 5. The minimum Gasteiger partial charge on any atom is -0.480 e. The number of benzene rings is 3. The Balaban J connectivity index is 0.000000223. The number of carboxylic acids is 2. The largest absolute Gasteiger partial charge is 0.480 e. The van der Waals surface area contributed by atoms with Crippen LogP contribution >= 0.6 is 34.8 Å². The third kappa shape index (κ3) is 13.8. The number of anilines is 3. The second-order valence-electron chi connectivity index (χ2n) is 12.5. The second kappa shape index (κ2) is 22.3. The summed E-state index contributed by atoms with van der Waals surface area (Å²) < 4.78 is 87.9. The summed E-state index contributed by atoms with van der Waals surface area (Å²) in [6.07, 6.45) is 2.51. The quantitative estimate of drug-likeness (QED) is 0.0807. The minimum atomic E-state index is -4.45. The first-order chi connectivity index (χ1) is 31.0. The number of rotatable bonds is 14. The third-order valence-corrected chi connectivity index (χ3v) is 10.7. The number of nitrogens with zero attached hydrogens (tertiary/aromatic N) is 7. The highest BCUT2D eigenvalue weighted by atomic mass is 35.5. The molecule has 0 atom stereocenters. The van der Waals surface area contributed by atoms with Crippen molar-refractivity contribution in [3.05, 3.63) is 104 Å². The highest BCUT2D eigenvalue weighted by Crippen LogP contribution is 2.32. The average molecular weight is 1020 g/mol. The number of carbonyl (C=O) groups excluding carboxylic acids is 1. The van der Waals surface area contributed by atoms with E-state index < -0.39 is 67.3 Å². The lowest BCUT2D eigenvalue weighted by Gasteiger charge is -2.10. The number of pyridine rings is 1. The van der Waals surface area contributed by atoms with E-state index in [2.05, 4.69) is 40.4 Å². The molecule has 3 aromatic carbocycles. The molecule has 6 rings (SSSR count). The van der Waals surface area contributed by atoms with Crippen LogP contribution < -0.4 is 35.2 Å². The maximum Gasteiger partial charge on any atom is 0.355 e. The molecular formula is C36H34Cl3F2N11O12S2. The Morgan fingerprint density at radius 3 is 2.18 bits per heavy atom. The second-order valence-corrected chi connectivity index (χ2v) is 17.1. The molecule has 0 aliphatic rings. The first-order valence-corrected chi connectivity index (χ1v) is 22.5. The number of fused-ring (bicyclic) bond motifs is 1. The van der Waals surface area contributed by atoms with Gasteiger partial charge in [0.15, 0.2) is 6.61 Å². The summed E-state index contributed by atoms with van der Waals surface area (Å²) in [6.45, 7) is -0.276. The maximum atomic E-state index is 12.8. The van der Waals surface area contributed by atoms with E-state index in [1.54, 1.807) is 42.1 Å². The van der Waals surface area contributed by atoms with Crippen LogP contribution in [0.25, 0.3) is 16.6 Å². The van der Waals surface area contributed by atoms with Crippen molar-refractivity contribution in [1.29, 1.82) is 0 Å². The molecule has 30 heteroatoms. The monoisotopic (exact) mass is 1020 g/mol. The summed E-state index contributed by atoms with van der Waals surface area (Å²) >= 11 is 17.8. The van der Waals surface area contributed by atoms with Gasteiger partial charge in [-0.25, -0.2) is 45.3 Å². The Morgan fingerprint density at radius 2 is 1.58 bits per heavy atom. The Morgan fingerprint density at radius 1 is 0.894 bits per heavy atom.